The third-order valence-corrected chi connectivity index (χ3v) is 8.83. The van der Waals surface area contributed by atoms with Gasteiger partial charge < -0.3 is 14.2 Å². The summed E-state index contributed by atoms with van der Waals surface area (Å²) >= 11 is 16.9. The van der Waals surface area contributed by atoms with Crippen molar-refractivity contribution in [3.8, 4) is 11.5 Å². The van der Waals surface area contributed by atoms with Gasteiger partial charge in [-0.15, -0.1) is 0 Å². The van der Waals surface area contributed by atoms with Gasteiger partial charge >= 0.3 is 5.97 Å². The molecule has 0 saturated carbocycles. The Kier molecular flexibility index (Phi) is 9.46. The fourth-order valence-corrected chi connectivity index (χ4v) is 6.46. The van der Waals surface area contributed by atoms with Crippen LogP contribution in [0, 0.1) is 0 Å². The molecule has 7 nitrogen and oxygen atoms in total. The Morgan fingerprint density at radius 1 is 1.12 bits per heavy atom. The smallest absolute Gasteiger partial charge is 0.338 e. The van der Waals surface area contributed by atoms with Crippen molar-refractivity contribution in [1.82, 2.24) is 4.57 Å². The van der Waals surface area contributed by atoms with Crippen LogP contribution in [0.4, 0.5) is 0 Å². The first kappa shape index (κ1) is 31.1. The van der Waals surface area contributed by atoms with Crippen molar-refractivity contribution in [2.45, 2.75) is 39.5 Å². The average molecular weight is 702 g/mol. The van der Waals surface area contributed by atoms with Crippen molar-refractivity contribution in [1.29, 1.82) is 0 Å². The number of allylic oxidation sites excluding steroid dienone is 1. The summed E-state index contributed by atoms with van der Waals surface area (Å²) < 4.78 is 20.0. The number of fused-ring (bicyclic) bond motifs is 1. The van der Waals surface area contributed by atoms with E-state index >= 15 is 0 Å². The van der Waals surface area contributed by atoms with Crippen LogP contribution in [0.1, 0.15) is 43.5 Å². The molecule has 0 amide bonds. The zero-order valence-corrected chi connectivity index (χ0v) is 27.6. The van der Waals surface area contributed by atoms with Gasteiger partial charge in [0.2, 0.25) is 0 Å². The standard InChI is InChI=1S/C32H27BrCl2N2O5S/c1-17(2)42-31(39)28-18(3)36-32-37(29(28)23-15-21(33)9-11-26(23)40-4)30(38)27(43-32)14-19-6-5-7-22(12-19)41-16-20-8-10-24(34)25(35)13-20/h5-15,17,29H,16H2,1-4H3/b27-14-/t29-/m0/s1. The minimum Gasteiger partial charge on any atom is -0.496 e. The van der Waals surface area contributed by atoms with Gasteiger partial charge in [0.15, 0.2) is 4.80 Å². The Labute approximate surface area is 270 Å². The van der Waals surface area contributed by atoms with Crippen LogP contribution in [0.5, 0.6) is 11.5 Å². The summed E-state index contributed by atoms with van der Waals surface area (Å²) in [4.78, 5) is 32.6. The molecule has 2 heterocycles. The number of methoxy groups -OCH3 is 1. The molecule has 0 aliphatic carbocycles. The molecule has 0 unspecified atom stereocenters. The van der Waals surface area contributed by atoms with E-state index in [-0.39, 0.29) is 17.2 Å². The second-order valence-electron chi connectivity index (χ2n) is 10.0. The first-order valence-electron chi connectivity index (χ1n) is 13.3. The van der Waals surface area contributed by atoms with Crippen LogP contribution in [0.2, 0.25) is 10.0 Å². The minimum atomic E-state index is -0.807. The molecule has 0 spiro atoms. The topological polar surface area (TPSA) is 79.1 Å². The molecule has 0 saturated heterocycles. The fraction of sp³-hybridized carbons (Fsp3) is 0.219. The van der Waals surface area contributed by atoms with Crippen LogP contribution >= 0.6 is 50.5 Å². The number of ether oxygens (including phenoxy) is 3. The molecular formula is C32H27BrCl2N2O5S. The Morgan fingerprint density at radius 3 is 2.63 bits per heavy atom. The summed E-state index contributed by atoms with van der Waals surface area (Å²) in [7, 11) is 1.55. The Hall–Kier alpha value is -3.37. The van der Waals surface area contributed by atoms with Crippen molar-refractivity contribution < 1.29 is 19.0 Å². The normalized spacial score (nSPS) is 14.9. The molecule has 0 fully saturated rings. The molecule has 0 bridgehead atoms. The van der Waals surface area contributed by atoms with Gasteiger partial charge in [-0.05, 0) is 80.4 Å². The molecule has 1 aromatic heterocycles. The van der Waals surface area contributed by atoms with E-state index in [1.54, 1.807) is 52.2 Å². The van der Waals surface area contributed by atoms with Crippen molar-refractivity contribution in [2.75, 3.05) is 7.11 Å². The lowest BCUT2D eigenvalue weighted by atomic mass is 9.95. The quantitative estimate of drug-likeness (QED) is 0.188. The number of thiazole rings is 1. The van der Waals surface area contributed by atoms with Crippen molar-refractivity contribution in [3.05, 3.63) is 123 Å². The second-order valence-corrected chi connectivity index (χ2v) is 12.8. The minimum absolute atomic E-state index is 0.279. The molecule has 222 valence electrons. The van der Waals surface area contributed by atoms with E-state index in [9.17, 15) is 9.59 Å². The fourth-order valence-electron chi connectivity index (χ4n) is 4.71. The SMILES string of the molecule is COc1ccc(Br)cc1[C@H]1C(C(=O)OC(C)C)=C(C)N=c2s/c(=C\c3cccc(OCc4ccc(Cl)c(Cl)c4)c3)c(=O)n21. The van der Waals surface area contributed by atoms with E-state index in [4.69, 9.17) is 37.4 Å². The molecule has 1 aliphatic rings. The highest BCUT2D eigenvalue weighted by Crippen LogP contribution is 2.37. The average Bonchev–Trinajstić information content (AvgIpc) is 3.26. The number of nitrogens with zero attached hydrogens (tertiary/aromatic N) is 2. The Balaban J connectivity index is 1.57. The highest BCUT2D eigenvalue weighted by atomic mass is 79.9. The zero-order valence-electron chi connectivity index (χ0n) is 23.7. The van der Waals surface area contributed by atoms with Gasteiger partial charge in [-0.3, -0.25) is 9.36 Å². The highest BCUT2D eigenvalue weighted by Gasteiger charge is 2.35. The van der Waals surface area contributed by atoms with Gasteiger partial charge in [-0.25, -0.2) is 9.79 Å². The molecule has 11 heteroatoms. The molecule has 1 atom stereocenters. The number of hydrogen-bond acceptors (Lipinski definition) is 7. The molecule has 4 aromatic rings. The zero-order chi connectivity index (χ0) is 30.8. The summed E-state index contributed by atoms with van der Waals surface area (Å²) in [6.07, 6.45) is 1.43. The van der Waals surface area contributed by atoms with Crippen LogP contribution in [-0.2, 0) is 16.1 Å². The Morgan fingerprint density at radius 2 is 1.91 bits per heavy atom. The molecule has 0 N–H and O–H groups in total. The summed E-state index contributed by atoms with van der Waals surface area (Å²) in [5.41, 5.74) is 2.74. The number of carbonyl (C=O) groups excluding carboxylic acids is 1. The number of esters is 1. The lowest BCUT2D eigenvalue weighted by Gasteiger charge is -2.26. The van der Waals surface area contributed by atoms with Gasteiger partial charge in [0, 0.05) is 10.0 Å². The van der Waals surface area contributed by atoms with Crippen LogP contribution in [0.15, 0.2) is 86.2 Å². The number of halogens is 3. The highest BCUT2D eigenvalue weighted by molar-refractivity contribution is 9.10. The van der Waals surface area contributed by atoms with Crippen molar-refractivity contribution >= 4 is 62.5 Å². The van der Waals surface area contributed by atoms with E-state index in [0.29, 0.717) is 48.7 Å². The third-order valence-electron chi connectivity index (χ3n) is 6.62. The van der Waals surface area contributed by atoms with E-state index in [1.807, 2.05) is 42.5 Å². The lowest BCUT2D eigenvalue weighted by Crippen LogP contribution is -2.40. The summed E-state index contributed by atoms with van der Waals surface area (Å²) in [6, 6.07) is 17.4. The number of rotatable bonds is 8. The largest absolute Gasteiger partial charge is 0.496 e. The van der Waals surface area contributed by atoms with Gasteiger partial charge in [0.1, 0.15) is 24.1 Å². The predicted molar refractivity (Wildman–Crippen MR) is 173 cm³/mol. The molecule has 1 aliphatic heterocycles. The number of carbonyl (C=O) groups is 1. The van der Waals surface area contributed by atoms with Crippen LogP contribution < -0.4 is 24.4 Å². The summed E-state index contributed by atoms with van der Waals surface area (Å²) in [5, 5.41) is 0.940. The van der Waals surface area contributed by atoms with Crippen LogP contribution in [0.3, 0.4) is 0 Å². The van der Waals surface area contributed by atoms with E-state index in [2.05, 4.69) is 20.9 Å². The summed E-state index contributed by atoms with van der Waals surface area (Å²) in [5.74, 6) is 0.613. The monoisotopic (exact) mass is 700 g/mol. The predicted octanol–water partition coefficient (Wildman–Crippen LogP) is 6.84. The first-order chi connectivity index (χ1) is 20.5. The molecule has 5 rings (SSSR count). The van der Waals surface area contributed by atoms with Gasteiger partial charge in [-0.2, -0.15) is 0 Å². The maximum absolute atomic E-state index is 14.0. The first-order valence-corrected chi connectivity index (χ1v) is 15.7. The number of hydrogen-bond donors (Lipinski definition) is 0. The van der Waals surface area contributed by atoms with Crippen molar-refractivity contribution in [3.63, 3.8) is 0 Å². The van der Waals surface area contributed by atoms with Gasteiger partial charge in [0.25, 0.3) is 5.56 Å². The van der Waals surface area contributed by atoms with Crippen LogP contribution in [-0.4, -0.2) is 23.8 Å². The third kappa shape index (κ3) is 6.75. The van der Waals surface area contributed by atoms with E-state index in [1.165, 1.54) is 15.9 Å². The maximum atomic E-state index is 14.0. The van der Waals surface area contributed by atoms with Gasteiger partial charge in [-0.1, -0.05) is 68.7 Å². The lowest BCUT2D eigenvalue weighted by molar-refractivity contribution is -0.143. The molecule has 0 radical (unpaired) electrons. The van der Waals surface area contributed by atoms with Gasteiger partial charge in [0.05, 0.1) is 39.1 Å². The van der Waals surface area contributed by atoms with Crippen molar-refractivity contribution in [2.24, 2.45) is 4.99 Å². The molecule has 43 heavy (non-hydrogen) atoms. The van der Waals surface area contributed by atoms with Crippen LogP contribution in [0.25, 0.3) is 6.08 Å². The maximum Gasteiger partial charge on any atom is 0.338 e. The summed E-state index contributed by atoms with van der Waals surface area (Å²) in [6.45, 7) is 5.60. The molecular weight excluding hydrogens is 675 g/mol. The van der Waals surface area contributed by atoms with E-state index < -0.39 is 12.0 Å². The van der Waals surface area contributed by atoms with E-state index in [0.717, 1.165) is 15.6 Å². The number of aromatic nitrogens is 1. The second kappa shape index (κ2) is 13.1. The molecule has 3 aromatic carbocycles. The Bertz CT molecular complexity index is 1930. The number of benzene rings is 3.